The van der Waals surface area contributed by atoms with Gasteiger partial charge in [0.05, 0.1) is 12.7 Å². The molecule has 0 aliphatic rings. The molecule has 0 spiro atoms. The number of halogens is 1. The Labute approximate surface area is 170 Å². The standard InChI is InChI=1S/C18H16IN3O3S/c1-25-13-9-6-12(7-10-13)8-11-16(23)20-18(26)22-21-17(24)14-4-2-3-5-15(14)19/h2-11H,1H3,(H,21,24)(H2,20,22,23,26)/b11-8+. The predicted molar refractivity (Wildman–Crippen MR) is 113 cm³/mol. The van der Waals surface area contributed by atoms with Gasteiger partial charge in [-0.25, -0.2) is 0 Å². The van der Waals surface area contributed by atoms with E-state index >= 15 is 0 Å². The van der Waals surface area contributed by atoms with E-state index in [1.807, 2.05) is 24.3 Å². The van der Waals surface area contributed by atoms with E-state index < -0.39 is 5.91 Å². The van der Waals surface area contributed by atoms with E-state index in [2.05, 4.69) is 38.8 Å². The van der Waals surface area contributed by atoms with Crippen molar-refractivity contribution in [2.45, 2.75) is 0 Å². The molecule has 0 radical (unpaired) electrons. The van der Waals surface area contributed by atoms with Crippen molar-refractivity contribution in [3.63, 3.8) is 0 Å². The molecule has 0 saturated carbocycles. The number of hydrogen-bond donors (Lipinski definition) is 3. The summed E-state index contributed by atoms with van der Waals surface area (Å²) in [5, 5.41) is 2.44. The number of carbonyl (C=O) groups is 2. The van der Waals surface area contributed by atoms with Crippen molar-refractivity contribution in [2.75, 3.05) is 7.11 Å². The average Bonchev–Trinajstić information content (AvgIpc) is 2.65. The van der Waals surface area contributed by atoms with Crippen LogP contribution < -0.4 is 20.9 Å². The highest BCUT2D eigenvalue weighted by atomic mass is 127. The number of rotatable bonds is 4. The molecule has 2 rings (SSSR count). The largest absolute Gasteiger partial charge is 0.497 e. The quantitative estimate of drug-likeness (QED) is 0.271. The zero-order valence-electron chi connectivity index (χ0n) is 13.8. The van der Waals surface area contributed by atoms with Gasteiger partial charge in [0.2, 0.25) is 5.91 Å². The number of amides is 2. The van der Waals surface area contributed by atoms with Gasteiger partial charge in [-0.05, 0) is 70.7 Å². The smallest absolute Gasteiger partial charge is 0.270 e. The van der Waals surface area contributed by atoms with Crippen molar-refractivity contribution in [1.29, 1.82) is 0 Å². The number of carbonyl (C=O) groups excluding carboxylic acids is 2. The normalized spacial score (nSPS) is 10.2. The Morgan fingerprint density at radius 2 is 1.77 bits per heavy atom. The monoisotopic (exact) mass is 481 g/mol. The fourth-order valence-electron chi connectivity index (χ4n) is 1.90. The van der Waals surface area contributed by atoms with Crippen LogP contribution in [-0.4, -0.2) is 24.0 Å². The second-order valence-corrected chi connectivity index (χ2v) is 6.55. The summed E-state index contributed by atoms with van der Waals surface area (Å²) in [6.07, 6.45) is 2.99. The average molecular weight is 481 g/mol. The summed E-state index contributed by atoms with van der Waals surface area (Å²) in [7, 11) is 1.59. The SMILES string of the molecule is COc1ccc(/C=C/C(=O)NC(=S)NNC(=O)c2ccccc2I)cc1. The Morgan fingerprint density at radius 3 is 2.42 bits per heavy atom. The maximum atomic E-state index is 12.0. The lowest BCUT2D eigenvalue weighted by molar-refractivity contribution is -0.115. The summed E-state index contributed by atoms with van der Waals surface area (Å²) in [4.78, 5) is 23.9. The van der Waals surface area contributed by atoms with E-state index in [-0.39, 0.29) is 11.0 Å². The van der Waals surface area contributed by atoms with Gasteiger partial charge in [0.1, 0.15) is 5.75 Å². The van der Waals surface area contributed by atoms with Crippen LogP contribution >= 0.6 is 34.8 Å². The molecule has 2 aromatic carbocycles. The lowest BCUT2D eigenvalue weighted by Gasteiger charge is -2.10. The number of ether oxygens (including phenoxy) is 1. The molecule has 6 nitrogen and oxygen atoms in total. The van der Waals surface area contributed by atoms with Crippen LogP contribution in [0.4, 0.5) is 0 Å². The van der Waals surface area contributed by atoms with Crippen LogP contribution in [0.15, 0.2) is 54.6 Å². The van der Waals surface area contributed by atoms with Crippen LogP contribution in [0.5, 0.6) is 5.75 Å². The number of hydrogen-bond acceptors (Lipinski definition) is 4. The molecule has 2 amide bonds. The topological polar surface area (TPSA) is 79.5 Å². The summed E-state index contributed by atoms with van der Waals surface area (Å²) in [5.74, 6) is -0.0250. The van der Waals surface area contributed by atoms with Gasteiger partial charge in [-0.2, -0.15) is 0 Å². The number of hydrazine groups is 1. The van der Waals surface area contributed by atoms with Crippen LogP contribution in [0.3, 0.4) is 0 Å². The Morgan fingerprint density at radius 1 is 1.08 bits per heavy atom. The van der Waals surface area contributed by atoms with Gasteiger partial charge in [0, 0.05) is 9.65 Å². The van der Waals surface area contributed by atoms with Gasteiger partial charge >= 0.3 is 0 Å². The molecule has 8 heteroatoms. The second kappa shape index (κ2) is 9.88. The summed E-state index contributed by atoms with van der Waals surface area (Å²) < 4.78 is 5.88. The van der Waals surface area contributed by atoms with Crippen LogP contribution in [0.1, 0.15) is 15.9 Å². The van der Waals surface area contributed by atoms with E-state index in [0.29, 0.717) is 5.56 Å². The summed E-state index contributed by atoms with van der Waals surface area (Å²) in [6, 6.07) is 14.3. The molecule has 3 N–H and O–H groups in total. The van der Waals surface area contributed by atoms with Crippen LogP contribution in [0, 0.1) is 3.57 Å². The van der Waals surface area contributed by atoms with Gasteiger partial charge in [0.25, 0.3) is 5.91 Å². The van der Waals surface area contributed by atoms with Crippen LogP contribution in [-0.2, 0) is 4.79 Å². The van der Waals surface area contributed by atoms with E-state index in [9.17, 15) is 9.59 Å². The minimum atomic E-state index is -0.415. The van der Waals surface area contributed by atoms with Crippen LogP contribution in [0.2, 0.25) is 0 Å². The maximum absolute atomic E-state index is 12.0. The zero-order chi connectivity index (χ0) is 18.9. The van der Waals surface area contributed by atoms with Gasteiger partial charge < -0.3 is 4.74 Å². The van der Waals surface area contributed by atoms with Gasteiger partial charge in [0.15, 0.2) is 5.11 Å². The van der Waals surface area contributed by atoms with Crippen molar-refractivity contribution < 1.29 is 14.3 Å². The molecule has 2 aromatic rings. The van der Waals surface area contributed by atoms with Crippen molar-refractivity contribution in [2.24, 2.45) is 0 Å². The number of thiocarbonyl (C=S) groups is 1. The van der Waals surface area contributed by atoms with Gasteiger partial charge in [-0.1, -0.05) is 24.3 Å². The second-order valence-electron chi connectivity index (χ2n) is 4.98. The first-order valence-corrected chi connectivity index (χ1v) is 8.96. The third-order valence-corrected chi connectivity index (χ3v) is 4.33. The molecule has 0 atom stereocenters. The molecule has 0 heterocycles. The fourth-order valence-corrected chi connectivity index (χ4v) is 2.68. The third-order valence-electron chi connectivity index (χ3n) is 3.19. The molecule has 0 bridgehead atoms. The molecule has 0 fully saturated rings. The summed E-state index contributed by atoms with van der Waals surface area (Å²) >= 11 is 7.05. The molecule has 0 aliphatic heterocycles. The van der Waals surface area contributed by atoms with E-state index in [1.165, 1.54) is 6.08 Å². The van der Waals surface area contributed by atoms with Crippen molar-refractivity contribution in [1.82, 2.24) is 16.2 Å². The van der Waals surface area contributed by atoms with Crippen LogP contribution in [0.25, 0.3) is 6.08 Å². The van der Waals surface area contributed by atoms with Crippen molar-refractivity contribution in [3.05, 3.63) is 69.3 Å². The molecule has 0 aromatic heterocycles. The van der Waals surface area contributed by atoms with E-state index in [0.717, 1.165) is 14.9 Å². The molecule has 0 saturated heterocycles. The Hall–Kier alpha value is -2.46. The zero-order valence-corrected chi connectivity index (χ0v) is 16.8. The summed E-state index contributed by atoms with van der Waals surface area (Å²) in [6.45, 7) is 0. The Bertz CT molecular complexity index is 838. The predicted octanol–water partition coefficient (Wildman–Crippen LogP) is 2.65. The van der Waals surface area contributed by atoms with E-state index in [1.54, 1.807) is 37.5 Å². The highest BCUT2D eigenvalue weighted by molar-refractivity contribution is 14.1. The van der Waals surface area contributed by atoms with Gasteiger partial charge in [-0.3, -0.25) is 25.8 Å². The Kier molecular flexibility index (Phi) is 7.54. The third kappa shape index (κ3) is 6.12. The summed E-state index contributed by atoms with van der Waals surface area (Å²) in [5.41, 5.74) is 6.29. The highest BCUT2D eigenvalue weighted by Crippen LogP contribution is 2.12. The molecule has 0 aliphatic carbocycles. The lowest BCUT2D eigenvalue weighted by atomic mass is 10.2. The van der Waals surface area contributed by atoms with Crippen molar-refractivity contribution in [3.8, 4) is 5.75 Å². The first-order chi connectivity index (χ1) is 12.5. The number of methoxy groups -OCH3 is 1. The molecular weight excluding hydrogens is 465 g/mol. The van der Waals surface area contributed by atoms with E-state index in [4.69, 9.17) is 17.0 Å². The molecule has 26 heavy (non-hydrogen) atoms. The first kappa shape index (κ1) is 19.9. The van der Waals surface area contributed by atoms with Gasteiger partial charge in [-0.15, -0.1) is 0 Å². The molecule has 134 valence electrons. The minimum Gasteiger partial charge on any atom is -0.497 e. The number of benzene rings is 2. The molecular formula is C18H16IN3O3S. The number of nitrogens with one attached hydrogen (secondary N) is 3. The maximum Gasteiger partial charge on any atom is 0.270 e. The Balaban J connectivity index is 1.81. The highest BCUT2D eigenvalue weighted by Gasteiger charge is 2.09. The first-order valence-electron chi connectivity index (χ1n) is 7.47. The fraction of sp³-hybridized carbons (Fsp3) is 0.0556. The minimum absolute atomic E-state index is 0.00586. The molecule has 0 unspecified atom stereocenters. The lowest BCUT2D eigenvalue weighted by Crippen LogP contribution is -2.48. The van der Waals surface area contributed by atoms with Crippen molar-refractivity contribution >= 4 is 57.8 Å².